The normalized spacial score (nSPS) is 16.3. The summed E-state index contributed by atoms with van der Waals surface area (Å²) in [5, 5.41) is 12.0. The Labute approximate surface area is 243 Å². The number of amides is 4. The lowest BCUT2D eigenvalue weighted by Crippen LogP contribution is -2.50. The van der Waals surface area contributed by atoms with E-state index in [4.69, 9.17) is 5.26 Å². The first-order valence-corrected chi connectivity index (χ1v) is 14.0. The number of hydrogen-bond acceptors (Lipinski definition) is 5. The maximum atomic E-state index is 13.4. The summed E-state index contributed by atoms with van der Waals surface area (Å²) in [6, 6.07) is 11.9. The topological polar surface area (TPSA) is 96.8 Å². The van der Waals surface area contributed by atoms with Crippen molar-refractivity contribution < 1.29 is 27.6 Å². The number of rotatable bonds is 9. The number of hydrogen-bond donors (Lipinski definition) is 1. The number of nitriles is 1. The molecule has 2 aliphatic heterocycles. The van der Waals surface area contributed by atoms with E-state index in [1.807, 2.05) is 36.1 Å². The van der Waals surface area contributed by atoms with Crippen molar-refractivity contribution in [2.75, 3.05) is 42.9 Å². The van der Waals surface area contributed by atoms with Crippen LogP contribution >= 0.6 is 0 Å². The van der Waals surface area contributed by atoms with E-state index < -0.39 is 29.1 Å². The average Bonchev–Trinajstić information content (AvgIpc) is 3.18. The summed E-state index contributed by atoms with van der Waals surface area (Å²) in [7, 11) is 0. The quantitative estimate of drug-likeness (QED) is 0.295. The number of benzene rings is 2. The predicted molar refractivity (Wildman–Crippen MR) is 153 cm³/mol. The zero-order chi connectivity index (χ0) is 30.4. The van der Waals surface area contributed by atoms with E-state index in [9.17, 15) is 27.6 Å². The molecule has 2 aromatic carbocycles. The number of halogens is 3. The Morgan fingerprint density at radius 3 is 2.24 bits per heavy atom. The molecule has 0 aliphatic carbocycles. The maximum absolute atomic E-state index is 13.4. The number of carbonyl (C=O) groups excluding carboxylic acids is 3. The van der Waals surface area contributed by atoms with Crippen LogP contribution < -0.4 is 10.2 Å². The molecule has 0 spiro atoms. The molecule has 0 aromatic heterocycles. The molecule has 0 atom stereocenters. The molecule has 0 bridgehead atoms. The fraction of sp³-hybridized carbons (Fsp3) is 0.419. The summed E-state index contributed by atoms with van der Waals surface area (Å²) >= 11 is 0. The molecule has 11 heteroatoms. The van der Waals surface area contributed by atoms with Crippen molar-refractivity contribution >= 4 is 29.2 Å². The van der Waals surface area contributed by atoms with Gasteiger partial charge in [0.15, 0.2) is 0 Å². The van der Waals surface area contributed by atoms with Crippen LogP contribution in [0.25, 0.3) is 0 Å². The van der Waals surface area contributed by atoms with Crippen molar-refractivity contribution in [1.82, 2.24) is 9.80 Å². The van der Waals surface area contributed by atoms with Gasteiger partial charge in [0, 0.05) is 43.0 Å². The standard InChI is InChI=1S/C31H34F3N5O3/c1-21-8-11-24(12-9-21)36-30(42)38-17-15-37(16-18-38)14-6-4-3-5-7-26-22(2)28(40)39(29(26)41)25-13-10-23(20-35)27(19-25)31(32,33)34/h8-13,19H,3-7,14-18H2,1-2H3,(H,36,42). The highest BCUT2D eigenvalue weighted by Gasteiger charge is 2.39. The maximum Gasteiger partial charge on any atom is 0.417 e. The number of anilines is 2. The highest BCUT2D eigenvalue weighted by atomic mass is 19.4. The molecule has 0 unspecified atom stereocenters. The van der Waals surface area contributed by atoms with Crippen LogP contribution in [0.5, 0.6) is 0 Å². The van der Waals surface area contributed by atoms with Crippen LogP contribution in [0.15, 0.2) is 53.6 Å². The molecule has 4 amide bonds. The van der Waals surface area contributed by atoms with Gasteiger partial charge in [-0.15, -0.1) is 0 Å². The van der Waals surface area contributed by atoms with Gasteiger partial charge in [-0.2, -0.15) is 18.4 Å². The van der Waals surface area contributed by atoms with E-state index in [1.54, 1.807) is 0 Å². The molecule has 1 saturated heterocycles. The third-order valence-corrected chi connectivity index (χ3v) is 7.74. The smallest absolute Gasteiger partial charge is 0.322 e. The number of alkyl halides is 3. The van der Waals surface area contributed by atoms with Gasteiger partial charge in [0.2, 0.25) is 0 Å². The van der Waals surface area contributed by atoms with Crippen LogP contribution in [0.1, 0.15) is 55.7 Å². The van der Waals surface area contributed by atoms with Gasteiger partial charge >= 0.3 is 12.2 Å². The minimum Gasteiger partial charge on any atom is -0.322 e. The molecule has 1 fully saturated rings. The number of nitrogens with one attached hydrogen (secondary N) is 1. The summed E-state index contributed by atoms with van der Waals surface area (Å²) in [4.78, 5) is 43.3. The summed E-state index contributed by atoms with van der Waals surface area (Å²) in [6.45, 7) is 7.32. The molecule has 8 nitrogen and oxygen atoms in total. The van der Waals surface area contributed by atoms with E-state index >= 15 is 0 Å². The Morgan fingerprint density at radius 2 is 1.60 bits per heavy atom. The van der Waals surface area contributed by atoms with Crippen LogP contribution in [0.4, 0.5) is 29.3 Å². The lowest BCUT2D eigenvalue weighted by atomic mass is 10.0. The Kier molecular flexibility index (Phi) is 9.68. The molecular formula is C31H34F3N5O3. The van der Waals surface area contributed by atoms with Gasteiger partial charge in [-0.25, -0.2) is 9.69 Å². The van der Waals surface area contributed by atoms with E-state index in [-0.39, 0.29) is 17.3 Å². The van der Waals surface area contributed by atoms with Crippen molar-refractivity contribution in [2.45, 2.75) is 52.1 Å². The number of nitrogens with zero attached hydrogens (tertiary/aromatic N) is 4. The number of piperazine rings is 1. The first kappa shape index (κ1) is 30.8. The molecule has 0 radical (unpaired) electrons. The highest BCUT2D eigenvalue weighted by Crippen LogP contribution is 2.37. The molecule has 0 saturated carbocycles. The number of imide groups is 1. The molecule has 4 rings (SSSR count). The minimum atomic E-state index is -4.79. The Hall–Kier alpha value is -4.17. The Bertz CT molecular complexity index is 1400. The second-order valence-electron chi connectivity index (χ2n) is 10.7. The van der Waals surface area contributed by atoms with Gasteiger partial charge in [-0.3, -0.25) is 14.5 Å². The van der Waals surface area contributed by atoms with E-state index in [0.29, 0.717) is 37.6 Å². The Morgan fingerprint density at radius 1 is 0.929 bits per heavy atom. The average molecular weight is 582 g/mol. The van der Waals surface area contributed by atoms with E-state index in [1.165, 1.54) is 19.1 Å². The Balaban J connectivity index is 1.18. The zero-order valence-corrected chi connectivity index (χ0v) is 23.8. The van der Waals surface area contributed by atoms with Crippen molar-refractivity contribution in [3.63, 3.8) is 0 Å². The van der Waals surface area contributed by atoms with Gasteiger partial charge in [0.05, 0.1) is 22.9 Å². The largest absolute Gasteiger partial charge is 0.417 e. The number of carbonyl (C=O) groups is 3. The van der Waals surface area contributed by atoms with Crippen molar-refractivity contribution in [3.05, 3.63) is 70.3 Å². The first-order valence-electron chi connectivity index (χ1n) is 14.0. The van der Waals surface area contributed by atoms with Crippen molar-refractivity contribution in [1.29, 1.82) is 5.26 Å². The molecule has 42 heavy (non-hydrogen) atoms. The third-order valence-electron chi connectivity index (χ3n) is 7.74. The van der Waals surface area contributed by atoms with Crippen LogP contribution in [0, 0.1) is 18.3 Å². The summed E-state index contributed by atoms with van der Waals surface area (Å²) < 4.78 is 40.2. The van der Waals surface area contributed by atoms with Crippen LogP contribution in [-0.4, -0.2) is 60.4 Å². The fourth-order valence-corrected chi connectivity index (χ4v) is 5.22. The second-order valence-corrected chi connectivity index (χ2v) is 10.7. The SMILES string of the molecule is CC1=C(CCCCCCN2CCN(C(=O)Nc3ccc(C)cc3)CC2)C(=O)N(c2ccc(C#N)c(C(F)(F)F)c2)C1=O. The summed E-state index contributed by atoms with van der Waals surface area (Å²) in [5.41, 5.74) is 0.522. The fourth-order valence-electron chi connectivity index (χ4n) is 5.22. The second kappa shape index (κ2) is 13.2. The van der Waals surface area contributed by atoms with Gasteiger partial charge in [-0.1, -0.05) is 30.5 Å². The summed E-state index contributed by atoms with van der Waals surface area (Å²) in [5.74, 6) is -1.25. The van der Waals surface area contributed by atoms with Gasteiger partial charge in [0.25, 0.3) is 11.8 Å². The third kappa shape index (κ3) is 7.18. The van der Waals surface area contributed by atoms with Crippen molar-refractivity contribution in [3.8, 4) is 6.07 Å². The van der Waals surface area contributed by atoms with Gasteiger partial charge in [-0.05, 0) is 70.0 Å². The molecule has 2 heterocycles. The zero-order valence-electron chi connectivity index (χ0n) is 23.8. The molecule has 2 aliphatic rings. The number of unbranched alkanes of at least 4 members (excludes halogenated alkanes) is 3. The lowest BCUT2D eigenvalue weighted by molar-refractivity contribution is -0.138. The van der Waals surface area contributed by atoms with Crippen LogP contribution in [-0.2, 0) is 15.8 Å². The highest BCUT2D eigenvalue weighted by molar-refractivity contribution is 6.32. The van der Waals surface area contributed by atoms with Gasteiger partial charge in [0.1, 0.15) is 0 Å². The van der Waals surface area contributed by atoms with Crippen LogP contribution in [0.3, 0.4) is 0 Å². The van der Waals surface area contributed by atoms with Crippen LogP contribution in [0.2, 0.25) is 0 Å². The molecule has 1 N–H and O–H groups in total. The summed E-state index contributed by atoms with van der Waals surface area (Å²) in [6.07, 6.45) is -1.03. The minimum absolute atomic E-state index is 0.0958. The number of urea groups is 1. The van der Waals surface area contributed by atoms with E-state index in [2.05, 4.69) is 10.2 Å². The number of aryl methyl sites for hydroxylation is 1. The van der Waals surface area contributed by atoms with E-state index in [0.717, 1.165) is 61.1 Å². The predicted octanol–water partition coefficient (Wildman–Crippen LogP) is 5.88. The molecule has 2 aromatic rings. The van der Waals surface area contributed by atoms with Gasteiger partial charge < -0.3 is 10.2 Å². The lowest BCUT2D eigenvalue weighted by Gasteiger charge is -2.34. The monoisotopic (exact) mass is 581 g/mol. The van der Waals surface area contributed by atoms with Crippen molar-refractivity contribution in [2.24, 2.45) is 0 Å². The first-order chi connectivity index (χ1) is 20.0. The molecule has 222 valence electrons. The molecular weight excluding hydrogens is 547 g/mol.